The van der Waals surface area contributed by atoms with Crippen LogP contribution in [0.3, 0.4) is 0 Å². The molecule has 5 heteroatoms. The first-order valence-electron chi connectivity index (χ1n) is 10.0. The van der Waals surface area contributed by atoms with Gasteiger partial charge in [-0.05, 0) is 56.1 Å². The number of aliphatic hydroxyl groups is 1. The Balaban J connectivity index is 1.61. The Morgan fingerprint density at radius 1 is 1.19 bits per heavy atom. The van der Waals surface area contributed by atoms with E-state index in [0.29, 0.717) is 13.0 Å². The monoisotopic (exact) mass is 374 g/mol. The van der Waals surface area contributed by atoms with Gasteiger partial charge in [0.25, 0.3) is 0 Å². The van der Waals surface area contributed by atoms with Crippen molar-refractivity contribution in [1.82, 2.24) is 0 Å². The molecule has 1 saturated carbocycles. The molecule has 0 spiro atoms. The summed E-state index contributed by atoms with van der Waals surface area (Å²) in [6.45, 7) is 1.13. The summed E-state index contributed by atoms with van der Waals surface area (Å²) in [5.74, 6) is 1.000. The van der Waals surface area contributed by atoms with Gasteiger partial charge in [0.05, 0.1) is 6.10 Å². The van der Waals surface area contributed by atoms with Gasteiger partial charge in [-0.1, -0.05) is 30.4 Å². The van der Waals surface area contributed by atoms with Crippen molar-refractivity contribution in [1.29, 1.82) is 0 Å². The number of hydrogen-bond acceptors (Lipinski definition) is 5. The largest absolute Gasteiger partial charge is 0.491 e. The summed E-state index contributed by atoms with van der Waals surface area (Å²) in [5, 5.41) is 10.1. The number of ether oxygens (including phenoxy) is 3. The summed E-state index contributed by atoms with van der Waals surface area (Å²) in [6.07, 6.45) is 9.29. The maximum absolute atomic E-state index is 10.9. The van der Waals surface area contributed by atoms with Gasteiger partial charge < -0.3 is 24.1 Å². The zero-order valence-electron chi connectivity index (χ0n) is 15.7. The van der Waals surface area contributed by atoms with Crippen molar-refractivity contribution in [2.24, 2.45) is 11.8 Å². The number of carbonyl (C=O) groups is 1. The van der Waals surface area contributed by atoms with Gasteiger partial charge in [-0.3, -0.25) is 0 Å². The third kappa shape index (κ3) is 6.16. The van der Waals surface area contributed by atoms with Crippen LogP contribution in [0, 0.1) is 11.8 Å². The second-order valence-corrected chi connectivity index (χ2v) is 7.35. The summed E-state index contributed by atoms with van der Waals surface area (Å²) in [7, 11) is 0. The molecule has 5 nitrogen and oxygen atoms in total. The van der Waals surface area contributed by atoms with Crippen LogP contribution in [0.15, 0.2) is 42.5 Å². The molecule has 0 aromatic heterocycles. The van der Waals surface area contributed by atoms with E-state index in [4.69, 9.17) is 14.2 Å². The van der Waals surface area contributed by atoms with Crippen LogP contribution in [0.5, 0.6) is 5.75 Å². The highest BCUT2D eigenvalue weighted by Gasteiger charge is 2.33. The zero-order valence-corrected chi connectivity index (χ0v) is 15.7. The lowest BCUT2D eigenvalue weighted by molar-refractivity contribution is -0.182. The maximum Gasteiger partial charge on any atom is 0.158 e. The van der Waals surface area contributed by atoms with E-state index in [2.05, 4.69) is 6.08 Å². The minimum Gasteiger partial charge on any atom is -0.491 e. The molecule has 1 heterocycles. The van der Waals surface area contributed by atoms with Crippen molar-refractivity contribution in [3.63, 3.8) is 0 Å². The fourth-order valence-electron chi connectivity index (χ4n) is 3.87. The van der Waals surface area contributed by atoms with Gasteiger partial charge in [-0.15, -0.1) is 0 Å². The molecular formula is C22H30O5. The van der Waals surface area contributed by atoms with Crippen molar-refractivity contribution in [3.05, 3.63) is 42.5 Å². The minimum absolute atomic E-state index is 0.000345. The van der Waals surface area contributed by atoms with E-state index >= 15 is 0 Å². The average molecular weight is 374 g/mol. The molecule has 1 aromatic rings. The van der Waals surface area contributed by atoms with Crippen molar-refractivity contribution < 1.29 is 24.1 Å². The van der Waals surface area contributed by atoms with E-state index in [1.165, 1.54) is 0 Å². The number of aliphatic hydroxyl groups excluding tert-OH is 1. The van der Waals surface area contributed by atoms with E-state index in [9.17, 15) is 9.90 Å². The number of aldehydes is 1. The third-order valence-corrected chi connectivity index (χ3v) is 5.40. The number of para-hydroxylation sites is 1. The molecule has 1 aromatic carbocycles. The van der Waals surface area contributed by atoms with Crippen molar-refractivity contribution in [3.8, 4) is 5.75 Å². The Labute approximate surface area is 161 Å². The van der Waals surface area contributed by atoms with Crippen LogP contribution < -0.4 is 4.74 Å². The number of carbonyl (C=O) groups excluding carboxylic acids is 1. The normalized spacial score (nSPS) is 29.7. The summed E-state index contributed by atoms with van der Waals surface area (Å²) in [4.78, 5) is 10.9. The molecule has 0 radical (unpaired) electrons. The highest BCUT2D eigenvalue weighted by molar-refractivity contribution is 5.50. The molecule has 1 aliphatic heterocycles. The molecule has 2 fully saturated rings. The van der Waals surface area contributed by atoms with Gasteiger partial charge in [0.1, 0.15) is 24.7 Å². The quantitative estimate of drug-likeness (QED) is 0.529. The Morgan fingerprint density at radius 3 is 2.78 bits per heavy atom. The third-order valence-electron chi connectivity index (χ3n) is 5.40. The van der Waals surface area contributed by atoms with Crippen LogP contribution in [0.1, 0.15) is 38.5 Å². The molecule has 1 unspecified atom stereocenters. The van der Waals surface area contributed by atoms with E-state index in [-0.39, 0.29) is 24.2 Å². The average Bonchev–Trinajstić information content (AvgIpc) is 3.06. The van der Waals surface area contributed by atoms with E-state index in [1.807, 2.05) is 36.4 Å². The Morgan fingerprint density at radius 2 is 2.04 bits per heavy atom. The first-order chi connectivity index (χ1) is 13.3. The first kappa shape index (κ1) is 20.1. The first-order valence-corrected chi connectivity index (χ1v) is 10.0. The lowest BCUT2D eigenvalue weighted by Crippen LogP contribution is -2.30. The SMILES string of the molecule is O=CC[C@@H]1[C@H](O)CC[C@H]1C=C[C@@H](COc1ccccc1)OC1CCCCO1. The van der Waals surface area contributed by atoms with Gasteiger partial charge in [0.15, 0.2) is 6.29 Å². The summed E-state index contributed by atoms with van der Waals surface area (Å²) >= 11 is 0. The van der Waals surface area contributed by atoms with Crippen LogP contribution in [-0.2, 0) is 14.3 Å². The topological polar surface area (TPSA) is 65.0 Å². The van der Waals surface area contributed by atoms with Crippen molar-refractivity contribution in [2.45, 2.75) is 57.0 Å². The van der Waals surface area contributed by atoms with Crippen molar-refractivity contribution in [2.75, 3.05) is 13.2 Å². The summed E-state index contributed by atoms with van der Waals surface area (Å²) in [5.41, 5.74) is 0. The van der Waals surface area contributed by atoms with Gasteiger partial charge in [0.2, 0.25) is 0 Å². The van der Waals surface area contributed by atoms with Crippen molar-refractivity contribution >= 4 is 6.29 Å². The van der Waals surface area contributed by atoms with Crippen LogP contribution in [0.25, 0.3) is 0 Å². The second-order valence-electron chi connectivity index (χ2n) is 7.35. The molecule has 2 aliphatic rings. The fourth-order valence-corrected chi connectivity index (χ4v) is 3.87. The molecule has 1 saturated heterocycles. The molecule has 1 N–H and O–H groups in total. The Hall–Kier alpha value is -1.69. The number of hydrogen-bond donors (Lipinski definition) is 1. The zero-order chi connectivity index (χ0) is 18.9. The molecule has 0 amide bonds. The van der Waals surface area contributed by atoms with Crippen LogP contribution in [0.4, 0.5) is 0 Å². The maximum atomic E-state index is 10.9. The Kier molecular flexibility index (Phi) is 7.87. The van der Waals surface area contributed by atoms with Crippen LogP contribution in [0.2, 0.25) is 0 Å². The molecule has 1 aliphatic carbocycles. The highest BCUT2D eigenvalue weighted by Crippen LogP contribution is 2.35. The van der Waals surface area contributed by atoms with Gasteiger partial charge in [-0.2, -0.15) is 0 Å². The number of allylic oxidation sites excluding steroid dienone is 1. The molecule has 0 bridgehead atoms. The standard InChI is InChI=1S/C22H30O5/c23-14-13-20-17(10-12-21(20)24)9-11-19(27-22-8-4-5-15-25-22)16-26-18-6-2-1-3-7-18/h1-3,6-7,9,11,14,17,19-22,24H,4-5,8,10,12-13,15-16H2/t17-,19+,20+,21-,22?/m1/s1. The predicted molar refractivity (Wildman–Crippen MR) is 102 cm³/mol. The molecule has 3 rings (SSSR count). The Bertz CT molecular complexity index is 582. The number of benzene rings is 1. The second kappa shape index (κ2) is 10.6. The van der Waals surface area contributed by atoms with Gasteiger partial charge in [-0.25, -0.2) is 0 Å². The van der Waals surface area contributed by atoms with Crippen LogP contribution >= 0.6 is 0 Å². The van der Waals surface area contributed by atoms with E-state index in [1.54, 1.807) is 0 Å². The van der Waals surface area contributed by atoms with Gasteiger partial charge in [0, 0.05) is 13.0 Å². The van der Waals surface area contributed by atoms with Crippen LogP contribution in [-0.4, -0.2) is 43.1 Å². The minimum atomic E-state index is -0.397. The molecule has 27 heavy (non-hydrogen) atoms. The fraction of sp³-hybridized carbons (Fsp3) is 0.591. The van der Waals surface area contributed by atoms with E-state index < -0.39 is 6.10 Å². The number of rotatable bonds is 9. The smallest absolute Gasteiger partial charge is 0.158 e. The lowest BCUT2D eigenvalue weighted by Gasteiger charge is -2.27. The molecule has 148 valence electrons. The summed E-state index contributed by atoms with van der Waals surface area (Å²) in [6, 6.07) is 9.68. The molecular weight excluding hydrogens is 344 g/mol. The lowest BCUT2D eigenvalue weighted by atomic mass is 9.91. The van der Waals surface area contributed by atoms with E-state index in [0.717, 1.165) is 50.7 Å². The summed E-state index contributed by atoms with van der Waals surface area (Å²) < 4.78 is 17.7. The predicted octanol–water partition coefficient (Wildman–Crippen LogP) is 3.51. The molecule has 5 atom stereocenters. The highest BCUT2D eigenvalue weighted by atomic mass is 16.7. The van der Waals surface area contributed by atoms with Gasteiger partial charge >= 0.3 is 0 Å².